The van der Waals surface area contributed by atoms with Gasteiger partial charge in [0.2, 0.25) is 0 Å². The first-order chi connectivity index (χ1) is 3.50. The normalized spacial score (nSPS) is 5.11. The Morgan fingerprint density at radius 2 is 1.44 bits per heavy atom. The summed E-state index contributed by atoms with van der Waals surface area (Å²) in [6.45, 7) is 5.00. The maximum Gasteiger partial charge on any atom is 3.00 e. The van der Waals surface area contributed by atoms with E-state index in [0.29, 0.717) is 0 Å². The fourth-order valence-corrected chi connectivity index (χ4v) is 0.321. The second-order valence-electron chi connectivity index (χ2n) is 0.962. The molecule has 0 aliphatic carbocycles. The first kappa shape index (κ1) is 16.2. The van der Waals surface area contributed by atoms with Crippen LogP contribution in [0.25, 0.3) is 0 Å². The Kier molecular flexibility index (Phi) is 28.3. The van der Waals surface area contributed by atoms with Crippen molar-refractivity contribution in [2.24, 2.45) is 0 Å². The van der Waals surface area contributed by atoms with E-state index in [-0.39, 0.29) is 34.1 Å². The molecule has 49 valence electrons. The summed E-state index contributed by atoms with van der Waals surface area (Å²) in [5, 5.41) is 0. The van der Waals surface area contributed by atoms with Crippen LogP contribution in [0.2, 0.25) is 0 Å². The van der Waals surface area contributed by atoms with E-state index in [1.807, 2.05) is 30.3 Å². The molecule has 1 radical (unpaired) electrons. The molecule has 0 fully saturated rings. The fourth-order valence-electron chi connectivity index (χ4n) is 0.321. The first-order valence-corrected chi connectivity index (χ1v) is 2.37. The summed E-state index contributed by atoms with van der Waals surface area (Å²) in [5.74, 6) is 0. The van der Waals surface area contributed by atoms with Gasteiger partial charge in [0.25, 0.3) is 0 Å². The maximum absolute atomic E-state index is 3.25. The minimum absolute atomic E-state index is 0. The predicted molar refractivity (Wildman–Crippen MR) is 33.1 cm³/mol. The molecule has 0 amide bonds. The van der Waals surface area contributed by atoms with Gasteiger partial charge < -0.3 is 19.3 Å². The molecule has 0 aliphatic rings. The minimum Gasteiger partial charge on any atom is -1.00 e. The van der Waals surface area contributed by atoms with Crippen LogP contribution in [-0.4, -0.2) is 0 Å². The van der Waals surface area contributed by atoms with Crippen LogP contribution in [0.15, 0.2) is 30.3 Å². The van der Waals surface area contributed by atoms with Crippen LogP contribution in [-0.2, 0) is 21.7 Å². The molecule has 0 nitrogen and oxygen atoms in total. The monoisotopic (exact) mass is 177 g/mol. The molecule has 0 bridgehead atoms. The molecule has 0 heterocycles. The van der Waals surface area contributed by atoms with E-state index >= 15 is 0 Å². The molecule has 1 aromatic carbocycles. The van der Waals surface area contributed by atoms with Crippen molar-refractivity contribution in [3.8, 4) is 0 Å². The summed E-state index contributed by atoms with van der Waals surface area (Å²) in [4.78, 5) is 0. The van der Waals surface area contributed by atoms with Crippen molar-refractivity contribution in [1.82, 2.24) is 0 Å². The van der Waals surface area contributed by atoms with Gasteiger partial charge in [-0.25, -0.2) is 12.1 Å². The number of hydrogen-bond acceptors (Lipinski definition) is 0. The zero-order valence-electron chi connectivity index (χ0n) is 5.47. The largest absolute Gasteiger partial charge is 3.00 e. The predicted octanol–water partition coefficient (Wildman–Crippen LogP) is -0.753. The fraction of sp³-hybridized carbons (Fsp3) is 0.143. The molecule has 0 atom stereocenters. The number of hydrogen-bond donors (Lipinski definition) is 0. The maximum atomic E-state index is 3.25. The van der Waals surface area contributed by atoms with Crippen LogP contribution < -0.4 is 12.4 Å². The summed E-state index contributed by atoms with van der Waals surface area (Å²) in [7, 11) is 0. The van der Waals surface area contributed by atoms with Crippen LogP contribution in [0.4, 0.5) is 0 Å². The van der Waals surface area contributed by atoms with Gasteiger partial charge in [-0.15, -0.1) is 0 Å². The van der Waals surface area contributed by atoms with Crippen LogP contribution in [0, 0.1) is 6.92 Å². The van der Waals surface area contributed by atoms with Gasteiger partial charge in [-0.2, -0.15) is 25.1 Å². The molecule has 1 aromatic rings. The molecular weight excluding hydrogens is 167 g/mol. The van der Waals surface area contributed by atoms with Crippen LogP contribution in [0.3, 0.4) is 0 Å². The third kappa shape index (κ3) is 11.8. The van der Waals surface area contributed by atoms with Crippen molar-refractivity contribution in [1.29, 1.82) is 0 Å². The molecule has 0 aromatic heterocycles. The van der Waals surface area contributed by atoms with Crippen LogP contribution >= 0.6 is 0 Å². The SMILES string of the molecule is [CH2-]C.[Cl-].[Ti+3].c1cc[cH-]c1. The molecule has 0 spiro atoms. The van der Waals surface area contributed by atoms with Crippen molar-refractivity contribution >= 4 is 0 Å². The van der Waals surface area contributed by atoms with Crippen LogP contribution in [0.1, 0.15) is 6.92 Å². The molecule has 1 rings (SSSR count). The van der Waals surface area contributed by atoms with Crippen molar-refractivity contribution < 1.29 is 34.1 Å². The van der Waals surface area contributed by atoms with Gasteiger partial charge in [0.1, 0.15) is 0 Å². The summed E-state index contributed by atoms with van der Waals surface area (Å²) in [6, 6.07) is 10.0. The molecule has 0 N–H and O–H groups in total. The van der Waals surface area contributed by atoms with E-state index in [1.165, 1.54) is 0 Å². The quantitative estimate of drug-likeness (QED) is 0.361. The van der Waals surface area contributed by atoms with E-state index in [9.17, 15) is 0 Å². The Balaban J connectivity index is -0.0000000836. The van der Waals surface area contributed by atoms with E-state index < -0.39 is 0 Å². The summed E-state index contributed by atoms with van der Waals surface area (Å²) >= 11 is 0. The van der Waals surface area contributed by atoms with Crippen molar-refractivity contribution in [3.05, 3.63) is 37.3 Å². The van der Waals surface area contributed by atoms with Gasteiger partial charge in [0.15, 0.2) is 0 Å². The zero-order valence-corrected chi connectivity index (χ0v) is 7.79. The zero-order chi connectivity index (χ0) is 5.54. The molecule has 2 heteroatoms. The molecule has 0 saturated heterocycles. The summed E-state index contributed by atoms with van der Waals surface area (Å²) in [6.07, 6.45) is 0. The molecular formula is C7H10ClTi. The van der Waals surface area contributed by atoms with Gasteiger partial charge in [0.05, 0.1) is 0 Å². The molecule has 0 saturated carbocycles. The standard InChI is InChI=1S/C5H5.C2H5.ClH.Ti/c1-2-4-5-3-1;1-2;;/h1-5H;1H2,2H3;1H;/q2*-1;;+3/p-1. The average Bonchev–Trinajstić information content (AvgIpc) is 2.23. The Labute approximate surface area is 78.3 Å². The van der Waals surface area contributed by atoms with E-state index in [0.717, 1.165) is 0 Å². The van der Waals surface area contributed by atoms with Crippen molar-refractivity contribution in [2.45, 2.75) is 6.92 Å². The average molecular weight is 177 g/mol. The van der Waals surface area contributed by atoms with E-state index in [1.54, 1.807) is 6.92 Å². The third-order valence-corrected chi connectivity index (χ3v) is 0.556. The van der Waals surface area contributed by atoms with Gasteiger partial charge in [-0.3, -0.25) is 0 Å². The first-order valence-electron chi connectivity index (χ1n) is 2.37. The molecule has 9 heavy (non-hydrogen) atoms. The van der Waals surface area contributed by atoms with Gasteiger partial charge in [0, 0.05) is 0 Å². The van der Waals surface area contributed by atoms with Crippen molar-refractivity contribution in [3.63, 3.8) is 0 Å². The smallest absolute Gasteiger partial charge is 1.00 e. The topological polar surface area (TPSA) is 0 Å². The Hall–Kier alpha value is 0.354. The Morgan fingerprint density at radius 1 is 1.11 bits per heavy atom. The third-order valence-electron chi connectivity index (χ3n) is 0.556. The van der Waals surface area contributed by atoms with Crippen molar-refractivity contribution in [2.75, 3.05) is 0 Å². The summed E-state index contributed by atoms with van der Waals surface area (Å²) < 4.78 is 0. The molecule has 0 aliphatic heterocycles. The summed E-state index contributed by atoms with van der Waals surface area (Å²) in [5.41, 5.74) is 0. The van der Waals surface area contributed by atoms with Gasteiger partial charge >= 0.3 is 21.7 Å². The van der Waals surface area contributed by atoms with Gasteiger partial charge in [-0.1, -0.05) is 0 Å². The second-order valence-corrected chi connectivity index (χ2v) is 0.962. The number of halogens is 1. The van der Waals surface area contributed by atoms with Gasteiger partial charge in [-0.05, 0) is 0 Å². The van der Waals surface area contributed by atoms with Crippen LogP contribution in [0.5, 0.6) is 0 Å². The Morgan fingerprint density at radius 3 is 1.56 bits per heavy atom. The minimum atomic E-state index is 0. The number of rotatable bonds is 0. The second kappa shape index (κ2) is 15.8. The van der Waals surface area contributed by atoms with E-state index in [4.69, 9.17) is 0 Å². The van der Waals surface area contributed by atoms with E-state index in [2.05, 4.69) is 6.92 Å². The Bertz CT molecular complexity index is 65.4. The molecule has 0 unspecified atom stereocenters.